The van der Waals surface area contributed by atoms with Crippen molar-refractivity contribution < 1.29 is 14.3 Å². The van der Waals surface area contributed by atoms with Crippen molar-refractivity contribution in [3.8, 4) is 0 Å². The van der Waals surface area contributed by atoms with Crippen LogP contribution in [0.5, 0.6) is 0 Å². The second-order valence-electron chi connectivity index (χ2n) is 7.03. The van der Waals surface area contributed by atoms with Gasteiger partial charge in [0.2, 0.25) is 11.8 Å². The van der Waals surface area contributed by atoms with Gasteiger partial charge in [0.15, 0.2) is 0 Å². The number of nitrogens with zero attached hydrogens (tertiary/aromatic N) is 1. The van der Waals surface area contributed by atoms with Gasteiger partial charge in [-0.05, 0) is 18.8 Å². The Kier molecular flexibility index (Phi) is 4.37. The first kappa shape index (κ1) is 15.3. The van der Waals surface area contributed by atoms with Gasteiger partial charge in [-0.3, -0.25) is 9.59 Å². The molecule has 0 aliphatic carbocycles. The van der Waals surface area contributed by atoms with Gasteiger partial charge in [0, 0.05) is 32.0 Å². The molecular weight excluding hydrogens is 256 g/mol. The van der Waals surface area contributed by atoms with Gasteiger partial charge in [-0.25, -0.2) is 0 Å². The summed E-state index contributed by atoms with van der Waals surface area (Å²) in [6, 6.07) is -0.435. The monoisotopic (exact) mass is 282 g/mol. The Hall–Kier alpha value is -1.10. The average Bonchev–Trinajstić information content (AvgIpc) is 2.68. The highest BCUT2D eigenvalue weighted by molar-refractivity contribution is 5.90. The summed E-state index contributed by atoms with van der Waals surface area (Å²) in [6.07, 6.45) is 1.58. The van der Waals surface area contributed by atoms with Crippen LogP contribution in [0.1, 0.15) is 40.5 Å². The number of hydrogen-bond donors (Lipinski definition) is 1. The van der Waals surface area contributed by atoms with Crippen molar-refractivity contribution in [3.05, 3.63) is 0 Å². The van der Waals surface area contributed by atoms with E-state index in [0.29, 0.717) is 25.4 Å². The zero-order valence-corrected chi connectivity index (χ0v) is 12.9. The fourth-order valence-electron chi connectivity index (χ4n) is 2.89. The van der Waals surface area contributed by atoms with Crippen LogP contribution in [0.4, 0.5) is 0 Å². The van der Waals surface area contributed by atoms with E-state index < -0.39 is 6.04 Å². The molecule has 0 aromatic rings. The summed E-state index contributed by atoms with van der Waals surface area (Å²) in [5, 5.41) is 2.87. The van der Waals surface area contributed by atoms with E-state index in [0.717, 1.165) is 13.0 Å². The van der Waals surface area contributed by atoms with Gasteiger partial charge in [0.05, 0.1) is 6.10 Å². The molecule has 3 atom stereocenters. The summed E-state index contributed by atoms with van der Waals surface area (Å²) in [6.45, 7) is 10.0. The molecule has 2 amide bonds. The fraction of sp³-hybridized carbons (Fsp3) is 0.867. The molecule has 2 rings (SSSR count). The number of hydrogen-bond acceptors (Lipinski definition) is 3. The zero-order valence-electron chi connectivity index (χ0n) is 12.9. The van der Waals surface area contributed by atoms with Gasteiger partial charge in [-0.2, -0.15) is 0 Å². The van der Waals surface area contributed by atoms with Crippen molar-refractivity contribution in [1.29, 1.82) is 0 Å². The molecule has 2 aliphatic heterocycles. The average molecular weight is 282 g/mol. The van der Waals surface area contributed by atoms with Crippen molar-refractivity contribution in [3.63, 3.8) is 0 Å². The Labute approximate surface area is 121 Å². The second-order valence-corrected chi connectivity index (χ2v) is 7.03. The van der Waals surface area contributed by atoms with Crippen molar-refractivity contribution in [2.75, 3.05) is 19.7 Å². The molecule has 0 spiro atoms. The van der Waals surface area contributed by atoms with Gasteiger partial charge >= 0.3 is 0 Å². The standard InChI is InChI=1S/C15H26N2O3/c1-10-11(6-8-20-10)9-17-7-5-12(18)16-13(14(17)19)15(2,3)4/h10-11,13H,5-9H2,1-4H3,(H,16,18). The molecule has 114 valence electrons. The fourth-order valence-corrected chi connectivity index (χ4v) is 2.89. The molecule has 2 aliphatic rings. The first-order valence-electron chi connectivity index (χ1n) is 7.49. The molecule has 0 aromatic carbocycles. The third-order valence-corrected chi connectivity index (χ3v) is 4.33. The second kappa shape index (κ2) is 5.72. The topological polar surface area (TPSA) is 58.6 Å². The van der Waals surface area contributed by atoms with Gasteiger partial charge in [0.25, 0.3) is 0 Å². The van der Waals surface area contributed by atoms with Gasteiger partial charge in [0.1, 0.15) is 6.04 Å². The maximum Gasteiger partial charge on any atom is 0.245 e. The van der Waals surface area contributed by atoms with Crippen LogP contribution < -0.4 is 5.32 Å². The third-order valence-electron chi connectivity index (χ3n) is 4.33. The molecule has 3 unspecified atom stereocenters. The molecular formula is C15H26N2O3. The molecule has 5 nitrogen and oxygen atoms in total. The first-order valence-corrected chi connectivity index (χ1v) is 7.49. The summed E-state index contributed by atoms with van der Waals surface area (Å²) in [4.78, 5) is 26.4. The Morgan fingerprint density at radius 2 is 2.05 bits per heavy atom. The van der Waals surface area contributed by atoms with Crippen molar-refractivity contribution >= 4 is 11.8 Å². The van der Waals surface area contributed by atoms with Crippen LogP contribution in [0.25, 0.3) is 0 Å². The summed E-state index contributed by atoms with van der Waals surface area (Å²) in [7, 11) is 0. The van der Waals surface area contributed by atoms with Gasteiger partial charge in [-0.1, -0.05) is 20.8 Å². The number of rotatable bonds is 2. The van der Waals surface area contributed by atoms with Crippen LogP contribution in [0.3, 0.4) is 0 Å². The van der Waals surface area contributed by atoms with E-state index in [1.54, 1.807) is 0 Å². The van der Waals surface area contributed by atoms with Crippen molar-refractivity contribution in [1.82, 2.24) is 10.2 Å². The number of carbonyl (C=O) groups is 2. The number of carbonyl (C=O) groups excluding carboxylic acids is 2. The lowest BCUT2D eigenvalue weighted by atomic mass is 9.85. The lowest BCUT2D eigenvalue weighted by Crippen LogP contribution is -2.52. The summed E-state index contributed by atoms with van der Waals surface area (Å²) >= 11 is 0. The highest BCUT2D eigenvalue weighted by atomic mass is 16.5. The van der Waals surface area contributed by atoms with E-state index in [1.807, 2.05) is 25.7 Å². The Morgan fingerprint density at radius 1 is 1.35 bits per heavy atom. The summed E-state index contributed by atoms with van der Waals surface area (Å²) < 4.78 is 5.57. The molecule has 0 aromatic heterocycles. The first-order chi connectivity index (χ1) is 9.29. The lowest BCUT2D eigenvalue weighted by Gasteiger charge is -2.33. The van der Waals surface area contributed by atoms with Crippen LogP contribution in [0.15, 0.2) is 0 Å². The van der Waals surface area contributed by atoms with Crippen molar-refractivity contribution in [2.45, 2.75) is 52.7 Å². The van der Waals surface area contributed by atoms with Crippen LogP contribution in [-0.4, -0.2) is 48.6 Å². The molecule has 5 heteroatoms. The van der Waals surface area contributed by atoms with E-state index in [9.17, 15) is 9.59 Å². The zero-order chi connectivity index (χ0) is 14.9. The SMILES string of the molecule is CC1OCCC1CN1CCC(=O)NC(C(C)(C)C)C1=O. The molecule has 1 N–H and O–H groups in total. The highest BCUT2D eigenvalue weighted by Gasteiger charge is 2.39. The van der Waals surface area contributed by atoms with E-state index in [4.69, 9.17) is 4.74 Å². The molecule has 20 heavy (non-hydrogen) atoms. The summed E-state index contributed by atoms with van der Waals surface area (Å²) in [5.74, 6) is 0.395. The third kappa shape index (κ3) is 3.32. The summed E-state index contributed by atoms with van der Waals surface area (Å²) in [5.41, 5.74) is -0.271. The molecule has 0 radical (unpaired) electrons. The Balaban J connectivity index is 2.11. The minimum absolute atomic E-state index is 0.0310. The van der Waals surface area contributed by atoms with E-state index in [2.05, 4.69) is 12.2 Å². The van der Waals surface area contributed by atoms with E-state index in [1.165, 1.54) is 0 Å². The largest absolute Gasteiger partial charge is 0.378 e. The predicted molar refractivity (Wildman–Crippen MR) is 76.1 cm³/mol. The number of nitrogens with one attached hydrogen (secondary N) is 1. The van der Waals surface area contributed by atoms with Gasteiger partial charge in [-0.15, -0.1) is 0 Å². The Bertz CT molecular complexity index is 389. The Morgan fingerprint density at radius 3 is 2.60 bits per heavy atom. The van der Waals surface area contributed by atoms with Crippen LogP contribution in [-0.2, 0) is 14.3 Å². The lowest BCUT2D eigenvalue weighted by molar-refractivity contribution is -0.137. The van der Waals surface area contributed by atoms with E-state index in [-0.39, 0.29) is 23.3 Å². The van der Waals surface area contributed by atoms with Gasteiger partial charge < -0.3 is 15.0 Å². The maximum atomic E-state index is 12.7. The van der Waals surface area contributed by atoms with Crippen LogP contribution in [0.2, 0.25) is 0 Å². The smallest absolute Gasteiger partial charge is 0.245 e. The van der Waals surface area contributed by atoms with Crippen LogP contribution in [0, 0.1) is 11.3 Å². The quantitative estimate of drug-likeness (QED) is 0.827. The number of ether oxygens (including phenoxy) is 1. The molecule has 2 fully saturated rings. The van der Waals surface area contributed by atoms with Crippen molar-refractivity contribution in [2.24, 2.45) is 11.3 Å². The molecule has 0 bridgehead atoms. The number of amides is 2. The molecule has 0 saturated carbocycles. The maximum absolute atomic E-state index is 12.7. The van der Waals surface area contributed by atoms with Crippen LogP contribution >= 0.6 is 0 Å². The molecule has 2 saturated heterocycles. The minimum atomic E-state index is -0.435. The van der Waals surface area contributed by atoms with E-state index >= 15 is 0 Å². The predicted octanol–water partition coefficient (Wildman–Crippen LogP) is 1.17. The normalized spacial score (nSPS) is 32.2. The minimum Gasteiger partial charge on any atom is -0.378 e. The highest BCUT2D eigenvalue weighted by Crippen LogP contribution is 2.26. The molecule has 2 heterocycles.